The molecule has 25 heavy (non-hydrogen) atoms. The van der Waals surface area contributed by atoms with Crippen LogP contribution in [-0.4, -0.2) is 41.9 Å². The monoisotopic (exact) mass is 342 g/mol. The first-order chi connectivity index (χ1) is 12.0. The van der Waals surface area contributed by atoms with Crippen LogP contribution in [0.5, 0.6) is 0 Å². The second-order valence-corrected chi connectivity index (χ2v) is 7.51. The first kappa shape index (κ1) is 16.3. The van der Waals surface area contributed by atoms with Crippen LogP contribution in [0.4, 0.5) is 0 Å². The summed E-state index contributed by atoms with van der Waals surface area (Å²) in [6.45, 7) is 7.55. The van der Waals surface area contributed by atoms with Crippen LogP contribution < -0.4 is 0 Å². The number of nitrogens with zero attached hydrogens (tertiary/aromatic N) is 6. The second-order valence-electron chi connectivity index (χ2n) is 7.51. The van der Waals surface area contributed by atoms with Gasteiger partial charge in [-0.15, -0.1) is 10.2 Å². The predicted octanol–water partition coefficient (Wildman–Crippen LogP) is 2.04. The molecule has 1 aliphatic heterocycles. The summed E-state index contributed by atoms with van der Waals surface area (Å²) in [5.41, 5.74) is 3.36. The number of aromatic nitrogens is 5. The Morgan fingerprint density at radius 1 is 1.24 bits per heavy atom. The maximum Gasteiger partial charge on any atom is 0.223 e. The normalized spacial score (nSPS) is 20.0. The maximum atomic E-state index is 12.8. The lowest BCUT2D eigenvalue weighted by molar-refractivity contribution is -0.133. The molecule has 2 aromatic heterocycles. The van der Waals surface area contributed by atoms with Crippen LogP contribution in [0.25, 0.3) is 0 Å². The van der Waals surface area contributed by atoms with Crippen LogP contribution in [-0.2, 0) is 24.8 Å². The van der Waals surface area contributed by atoms with Crippen molar-refractivity contribution in [2.24, 2.45) is 7.05 Å². The van der Waals surface area contributed by atoms with Gasteiger partial charge in [0.05, 0.1) is 18.3 Å². The molecule has 1 aliphatic carbocycles. The van der Waals surface area contributed by atoms with Crippen LogP contribution in [0, 0.1) is 13.8 Å². The van der Waals surface area contributed by atoms with E-state index in [0.29, 0.717) is 18.9 Å². The standard InChI is InChI=1S/C18H26N6O/c1-11-9-23(10-16-19-20-18(24(11)16)14-5-6-14)17(25)8-7-15-12(2)21-22(4)13(15)3/h11,14H,5-10H2,1-4H3/t11-/m0/s1. The summed E-state index contributed by atoms with van der Waals surface area (Å²) in [7, 11) is 1.95. The van der Waals surface area contributed by atoms with Crippen LogP contribution >= 0.6 is 0 Å². The summed E-state index contributed by atoms with van der Waals surface area (Å²) < 4.78 is 4.15. The molecule has 7 nitrogen and oxygen atoms in total. The molecule has 2 aromatic rings. The SMILES string of the molecule is Cc1nn(C)c(C)c1CCC(=O)N1Cc2nnc(C3CC3)n2[C@@H](C)C1. The number of fused-ring (bicyclic) bond motifs is 1. The lowest BCUT2D eigenvalue weighted by Gasteiger charge is -2.32. The van der Waals surface area contributed by atoms with Crippen LogP contribution in [0.15, 0.2) is 0 Å². The Labute approximate surface area is 148 Å². The highest BCUT2D eigenvalue weighted by Gasteiger charge is 2.35. The number of rotatable bonds is 4. The van der Waals surface area contributed by atoms with E-state index in [1.165, 1.54) is 18.4 Å². The van der Waals surface area contributed by atoms with E-state index in [-0.39, 0.29) is 11.9 Å². The highest BCUT2D eigenvalue weighted by Crippen LogP contribution is 2.41. The number of hydrogen-bond donors (Lipinski definition) is 0. The first-order valence-electron chi connectivity index (χ1n) is 9.16. The Hall–Kier alpha value is -2.18. The molecule has 4 rings (SSSR count). The van der Waals surface area contributed by atoms with Gasteiger partial charge in [0.2, 0.25) is 5.91 Å². The van der Waals surface area contributed by atoms with Crippen molar-refractivity contribution in [3.05, 3.63) is 28.6 Å². The molecule has 0 radical (unpaired) electrons. The Morgan fingerprint density at radius 2 is 2.00 bits per heavy atom. The van der Waals surface area contributed by atoms with Crippen molar-refractivity contribution in [3.63, 3.8) is 0 Å². The third-order valence-electron chi connectivity index (χ3n) is 5.59. The molecule has 1 amide bonds. The summed E-state index contributed by atoms with van der Waals surface area (Å²) in [5.74, 6) is 2.83. The minimum Gasteiger partial charge on any atom is -0.333 e. The first-order valence-corrected chi connectivity index (χ1v) is 9.16. The van der Waals surface area contributed by atoms with Gasteiger partial charge in [-0.05, 0) is 45.6 Å². The van der Waals surface area contributed by atoms with E-state index in [9.17, 15) is 4.79 Å². The fraction of sp³-hybridized carbons (Fsp3) is 0.667. The molecular weight excluding hydrogens is 316 g/mol. The third kappa shape index (κ3) is 2.85. The van der Waals surface area contributed by atoms with Crippen molar-refractivity contribution in [1.82, 2.24) is 29.4 Å². The Balaban J connectivity index is 1.44. The van der Waals surface area contributed by atoms with Crippen LogP contribution in [0.1, 0.15) is 66.7 Å². The fourth-order valence-electron chi connectivity index (χ4n) is 3.94. The van der Waals surface area contributed by atoms with E-state index < -0.39 is 0 Å². The molecule has 134 valence electrons. The number of carbonyl (C=O) groups is 1. The molecule has 0 aromatic carbocycles. The number of carbonyl (C=O) groups excluding carboxylic acids is 1. The lowest BCUT2D eigenvalue weighted by atomic mass is 10.1. The molecule has 0 spiro atoms. The second kappa shape index (κ2) is 5.97. The van der Waals surface area contributed by atoms with Gasteiger partial charge >= 0.3 is 0 Å². The minimum absolute atomic E-state index is 0.191. The van der Waals surface area contributed by atoms with Crippen molar-refractivity contribution in [2.75, 3.05) is 6.54 Å². The molecule has 1 atom stereocenters. The molecular formula is C18H26N6O. The van der Waals surface area contributed by atoms with E-state index >= 15 is 0 Å². The molecule has 0 saturated heterocycles. The van der Waals surface area contributed by atoms with Crippen molar-refractivity contribution in [1.29, 1.82) is 0 Å². The van der Waals surface area contributed by atoms with Gasteiger partial charge in [-0.1, -0.05) is 0 Å². The van der Waals surface area contributed by atoms with E-state index in [0.717, 1.165) is 36.0 Å². The van der Waals surface area contributed by atoms with Gasteiger partial charge in [-0.2, -0.15) is 5.10 Å². The topological polar surface area (TPSA) is 68.8 Å². The van der Waals surface area contributed by atoms with E-state index in [4.69, 9.17) is 0 Å². The molecule has 0 unspecified atom stereocenters. The Morgan fingerprint density at radius 3 is 2.64 bits per heavy atom. The highest BCUT2D eigenvalue weighted by atomic mass is 16.2. The Kier molecular flexibility index (Phi) is 3.89. The predicted molar refractivity (Wildman–Crippen MR) is 93.1 cm³/mol. The lowest BCUT2D eigenvalue weighted by Crippen LogP contribution is -2.40. The van der Waals surface area contributed by atoms with E-state index in [2.05, 4.69) is 33.7 Å². The fourth-order valence-corrected chi connectivity index (χ4v) is 3.94. The average molecular weight is 342 g/mol. The number of aryl methyl sites for hydroxylation is 2. The molecule has 0 N–H and O–H groups in total. The third-order valence-corrected chi connectivity index (χ3v) is 5.59. The maximum absolute atomic E-state index is 12.8. The van der Waals surface area contributed by atoms with Crippen molar-refractivity contribution < 1.29 is 4.79 Å². The summed E-state index contributed by atoms with van der Waals surface area (Å²) >= 11 is 0. The van der Waals surface area contributed by atoms with Gasteiger partial charge in [-0.3, -0.25) is 9.48 Å². The van der Waals surface area contributed by atoms with Gasteiger partial charge in [0.15, 0.2) is 5.82 Å². The molecule has 3 heterocycles. The molecule has 2 aliphatic rings. The summed E-state index contributed by atoms with van der Waals surface area (Å²) in [4.78, 5) is 14.7. The van der Waals surface area contributed by atoms with E-state index in [1.54, 1.807) is 0 Å². The van der Waals surface area contributed by atoms with Gasteiger partial charge in [-0.25, -0.2) is 0 Å². The van der Waals surface area contributed by atoms with Gasteiger partial charge in [0.25, 0.3) is 0 Å². The summed E-state index contributed by atoms with van der Waals surface area (Å²) in [6.07, 6.45) is 3.70. The van der Waals surface area contributed by atoms with Gasteiger partial charge < -0.3 is 9.47 Å². The minimum atomic E-state index is 0.191. The summed E-state index contributed by atoms with van der Waals surface area (Å²) in [5, 5.41) is 13.2. The zero-order valence-electron chi connectivity index (χ0n) is 15.5. The number of amides is 1. The largest absolute Gasteiger partial charge is 0.333 e. The van der Waals surface area contributed by atoms with Crippen molar-refractivity contribution >= 4 is 5.91 Å². The molecule has 7 heteroatoms. The van der Waals surface area contributed by atoms with Crippen molar-refractivity contribution in [2.45, 2.75) is 65.0 Å². The molecule has 1 saturated carbocycles. The highest BCUT2D eigenvalue weighted by molar-refractivity contribution is 5.76. The Bertz CT molecular complexity index is 816. The molecule has 0 bridgehead atoms. The van der Waals surface area contributed by atoms with Crippen LogP contribution in [0.2, 0.25) is 0 Å². The summed E-state index contributed by atoms with van der Waals surface area (Å²) in [6, 6.07) is 0.250. The van der Waals surface area contributed by atoms with Crippen molar-refractivity contribution in [3.8, 4) is 0 Å². The smallest absolute Gasteiger partial charge is 0.223 e. The van der Waals surface area contributed by atoms with Gasteiger partial charge in [0.1, 0.15) is 5.82 Å². The zero-order valence-corrected chi connectivity index (χ0v) is 15.5. The average Bonchev–Trinajstić information content (AvgIpc) is 3.27. The molecule has 1 fully saturated rings. The number of hydrogen-bond acceptors (Lipinski definition) is 4. The zero-order chi connectivity index (χ0) is 17.7. The van der Waals surface area contributed by atoms with Gasteiger partial charge in [0, 0.05) is 31.6 Å². The quantitative estimate of drug-likeness (QED) is 0.853. The van der Waals surface area contributed by atoms with Crippen LogP contribution in [0.3, 0.4) is 0 Å². The van der Waals surface area contributed by atoms with E-state index in [1.807, 2.05) is 23.6 Å².